The van der Waals surface area contributed by atoms with E-state index in [1.807, 2.05) is 24.3 Å². The van der Waals surface area contributed by atoms with E-state index < -0.39 is 0 Å². The fourth-order valence-corrected chi connectivity index (χ4v) is 4.48. The van der Waals surface area contributed by atoms with Crippen molar-refractivity contribution in [2.24, 2.45) is 10.9 Å². The van der Waals surface area contributed by atoms with Gasteiger partial charge in [-0.1, -0.05) is 43.8 Å². The number of hydrogen-bond donors (Lipinski definition) is 1. The molecule has 1 aliphatic heterocycles. The van der Waals surface area contributed by atoms with Gasteiger partial charge in [-0.2, -0.15) is 9.36 Å². The first-order chi connectivity index (χ1) is 12.5. The molecule has 0 amide bonds. The number of fused-ring (bicyclic) bond motifs is 2. The Morgan fingerprint density at radius 3 is 2.96 bits per heavy atom. The normalized spacial score (nSPS) is 14.7. The van der Waals surface area contributed by atoms with Gasteiger partial charge in [-0.25, -0.2) is 4.40 Å². The van der Waals surface area contributed by atoms with Crippen LogP contribution in [-0.4, -0.2) is 25.7 Å². The summed E-state index contributed by atoms with van der Waals surface area (Å²) in [5.41, 5.74) is 9.09. The van der Waals surface area contributed by atoms with Gasteiger partial charge < -0.3 is 5.73 Å². The molecule has 0 radical (unpaired) electrons. The van der Waals surface area contributed by atoms with Crippen molar-refractivity contribution in [1.29, 1.82) is 0 Å². The van der Waals surface area contributed by atoms with Crippen LogP contribution in [0.25, 0.3) is 16.6 Å². The van der Waals surface area contributed by atoms with Crippen LogP contribution in [0.5, 0.6) is 0 Å². The molecule has 0 atom stereocenters. The maximum absolute atomic E-state index is 12.5. The van der Waals surface area contributed by atoms with E-state index in [0.29, 0.717) is 22.3 Å². The quantitative estimate of drug-likeness (QED) is 0.694. The standard InChI is InChI=1S/C18H17N5OS2/c1-10(2)9-25-18-22-26-17-21-16(24)13(15(19)23(17)18)7-11-8-20-14-6-4-3-5-12(11)14/h3-8,10H,9,19H2,1-2H3. The molecule has 3 heterocycles. The van der Waals surface area contributed by atoms with E-state index >= 15 is 0 Å². The van der Waals surface area contributed by atoms with Gasteiger partial charge in [0.05, 0.1) is 11.3 Å². The van der Waals surface area contributed by atoms with E-state index in [0.717, 1.165) is 27.7 Å². The first-order valence-electron chi connectivity index (χ1n) is 8.20. The number of hydrogen-bond acceptors (Lipinski definition) is 7. The third-order valence-corrected chi connectivity index (χ3v) is 6.12. The smallest absolute Gasteiger partial charge is 0.283 e. The summed E-state index contributed by atoms with van der Waals surface area (Å²) in [6, 6.07) is 7.80. The van der Waals surface area contributed by atoms with Crippen LogP contribution in [0.2, 0.25) is 0 Å². The molecule has 0 saturated carbocycles. The maximum Gasteiger partial charge on any atom is 0.283 e. The molecule has 1 aliphatic rings. The number of thioether (sulfide) groups is 1. The van der Waals surface area contributed by atoms with E-state index in [-0.39, 0.29) is 5.56 Å². The molecule has 3 aromatic rings. The molecule has 6 nitrogen and oxygen atoms in total. The van der Waals surface area contributed by atoms with Crippen molar-refractivity contribution >= 4 is 57.6 Å². The highest BCUT2D eigenvalue weighted by atomic mass is 32.2. The largest absolute Gasteiger partial charge is 0.384 e. The Kier molecular flexibility index (Phi) is 4.37. The molecule has 1 aromatic carbocycles. The topological polar surface area (TPSA) is 85.6 Å². The minimum atomic E-state index is -0.350. The van der Waals surface area contributed by atoms with Crippen LogP contribution in [0.1, 0.15) is 25.0 Å². The zero-order chi connectivity index (χ0) is 18.3. The molecule has 8 heteroatoms. The summed E-state index contributed by atoms with van der Waals surface area (Å²) < 4.78 is 6.18. The molecular formula is C18H17N5OS2. The Morgan fingerprint density at radius 2 is 2.15 bits per heavy atom. The van der Waals surface area contributed by atoms with Crippen LogP contribution in [-0.2, 0) is 0 Å². The number of para-hydroxylation sites is 1. The molecule has 0 unspecified atom stereocenters. The number of nitrogens with zero attached hydrogens (tertiary/aromatic N) is 4. The highest BCUT2D eigenvalue weighted by Crippen LogP contribution is 2.33. The number of allylic oxidation sites excluding steroid dienone is 1. The number of nitrogen functional groups attached to an aromatic ring is 1. The number of aliphatic imine (C=N–C) groups is 1. The number of rotatable bonds is 4. The fourth-order valence-electron chi connectivity index (χ4n) is 2.67. The van der Waals surface area contributed by atoms with Crippen molar-refractivity contribution in [2.45, 2.75) is 19.0 Å². The SMILES string of the molecule is CC(C)CSc1nsc2nc(=O)c(C=C3C=Nc4ccccc43)c(N)n12. The summed E-state index contributed by atoms with van der Waals surface area (Å²) in [5, 5.41) is 0.767. The van der Waals surface area contributed by atoms with Gasteiger partial charge in [-0.05, 0) is 18.1 Å². The van der Waals surface area contributed by atoms with E-state index in [9.17, 15) is 4.79 Å². The molecule has 132 valence electrons. The Labute approximate surface area is 158 Å². The van der Waals surface area contributed by atoms with Crippen molar-refractivity contribution in [3.63, 3.8) is 0 Å². The van der Waals surface area contributed by atoms with Gasteiger partial charge in [0.1, 0.15) is 5.82 Å². The van der Waals surface area contributed by atoms with Gasteiger partial charge in [0.15, 0.2) is 5.16 Å². The summed E-state index contributed by atoms with van der Waals surface area (Å²) >= 11 is 2.81. The van der Waals surface area contributed by atoms with Crippen molar-refractivity contribution in [2.75, 3.05) is 11.5 Å². The third kappa shape index (κ3) is 2.95. The monoisotopic (exact) mass is 383 g/mol. The highest BCUT2D eigenvalue weighted by molar-refractivity contribution is 7.99. The van der Waals surface area contributed by atoms with E-state index in [4.69, 9.17) is 5.73 Å². The zero-order valence-corrected chi connectivity index (χ0v) is 16.0. The minimum Gasteiger partial charge on any atom is -0.384 e. The van der Waals surface area contributed by atoms with E-state index in [1.54, 1.807) is 28.5 Å². The average molecular weight is 384 g/mol. The van der Waals surface area contributed by atoms with Crippen molar-refractivity contribution < 1.29 is 0 Å². The van der Waals surface area contributed by atoms with Crippen LogP contribution < -0.4 is 11.3 Å². The van der Waals surface area contributed by atoms with Gasteiger partial charge >= 0.3 is 0 Å². The predicted octanol–water partition coefficient (Wildman–Crippen LogP) is 3.74. The molecule has 0 fully saturated rings. The van der Waals surface area contributed by atoms with Crippen LogP contribution in [0.4, 0.5) is 11.5 Å². The Hall–Kier alpha value is -2.45. The first-order valence-corrected chi connectivity index (χ1v) is 9.96. The third-order valence-electron chi connectivity index (χ3n) is 3.94. The van der Waals surface area contributed by atoms with Gasteiger partial charge in [0, 0.05) is 34.6 Å². The maximum atomic E-state index is 12.5. The molecule has 0 spiro atoms. The van der Waals surface area contributed by atoms with Crippen molar-refractivity contribution in [3.05, 3.63) is 45.7 Å². The number of nitrogens with two attached hydrogens (primary N) is 1. The van der Waals surface area contributed by atoms with Crippen molar-refractivity contribution in [3.8, 4) is 0 Å². The summed E-state index contributed by atoms with van der Waals surface area (Å²) in [6.45, 7) is 4.30. The van der Waals surface area contributed by atoms with E-state index in [1.165, 1.54) is 11.5 Å². The lowest BCUT2D eigenvalue weighted by atomic mass is 10.1. The second kappa shape index (κ2) is 6.69. The number of aromatic nitrogens is 3. The summed E-state index contributed by atoms with van der Waals surface area (Å²) in [5.74, 6) is 1.81. The lowest BCUT2D eigenvalue weighted by molar-refractivity contribution is 0.747. The summed E-state index contributed by atoms with van der Waals surface area (Å²) in [4.78, 5) is 21.6. The van der Waals surface area contributed by atoms with Crippen LogP contribution in [0, 0.1) is 5.92 Å². The molecule has 0 bridgehead atoms. The lowest BCUT2D eigenvalue weighted by Gasteiger charge is -2.07. The van der Waals surface area contributed by atoms with Crippen LogP contribution in [0.3, 0.4) is 0 Å². The van der Waals surface area contributed by atoms with E-state index in [2.05, 4.69) is 28.2 Å². The Balaban J connectivity index is 1.84. The van der Waals surface area contributed by atoms with Gasteiger partial charge in [0.2, 0.25) is 4.96 Å². The van der Waals surface area contributed by atoms with Gasteiger partial charge in [0.25, 0.3) is 5.56 Å². The van der Waals surface area contributed by atoms with Gasteiger partial charge in [-0.15, -0.1) is 0 Å². The van der Waals surface area contributed by atoms with Crippen LogP contribution in [0.15, 0.2) is 39.2 Å². The minimum absolute atomic E-state index is 0.350. The number of anilines is 1. The molecule has 26 heavy (non-hydrogen) atoms. The highest BCUT2D eigenvalue weighted by Gasteiger charge is 2.18. The lowest BCUT2D eigenvalue weighted by Crippen LogP contribution is -2.16. The molecule has 2 aromatic heterocycles. The van der Waals surface area contributed by atoms with Crippen LogP contribution >= 0.6 is 23.3 Å². The van der Waals surface area contributed by atoms with Gasteiger partial charge in [-0.3, -0.25) is 9.79 Å². The molecule has 0 saturated heterocycles. The molecule has 4 rings (SSSR count). The molecule has 0 aliphatic carbocycles. The Bertz CT molecular complexity index is 1110. The average Bonchev–Trinajstić information content (AvgIpc) is 3.21. The van der Waals surface area contributed by atoms with Crippen molar-refractivity contribution in [1.82, 2.24) is 13.8 Å². The number of benzene rings is 1. The second-order valence-corrected chi connectivity index (χ2v) is 8.10. The summed E-state index contributed by atoms with van der Waals surface area (Å²) in [6.07, 6.45) is 3.51. The predicted molar refractivity (Wildman–Crippen MR) is 110 cm³/mol. The Morgan fingerprint density at radius 1 is 1.35 bits per heavy atom. The molecular weight excluding hydrogens is 366 g/mol. The second-order valence-electron chi connectivity index (χ2n) is 6.38. The fraction of sp³-hybridized carbons (Fsp3) is 0.222. The first kappa shape index (κ1) is 17.0. The summed E-state index contributed by atoms with van der Waals surface area (Å²) in [7, 11) is 0. The molecule has 2 N–H and O–H groups in total. The zero-order valence-electron chi connectivity index (χ0n) is 14.3.